The third-order valence-electron chi connectivity index (χ3n) is 9.15. The number of aromatic nitrogens is 4. The lowest BCUT2D eigenvalue weighted by atomic mass is 10.1. The number of nitrogens with two attached hydrogens (primary N) is 1. The van der Waals surface area contributed by atoms with Crippen molar-refractivity contribution in [3.63, 3.8) is 0 Å². The van der Waals surface area contributed by atoms with E-state index in [1.807, 2.05) is 4.90 Å². The zero-order chi connectivity index (χ0) is 32.7. The predicted octanol–water partition coefficient (Wildman–Crippen LogP) is 3.50. The number of pyridine rings is 1. The summed E-state index contributed by atoms with van der Waals surface area (Å²) in [6.45, 7) is 9.53. The van der Waals surface area contributed by atoms with E-state index in [1.165, 1.54) is 24.4 Å². The number of likely N-dealkylation sites (N-methyl/N-ethyl adjacent to an activating group) is 1. The van der Waals surface area contributed by atoms with Crippen LogP contribution in [0.15, 0.2) is 31.0 Å². The van der Waals surface area contributed by atoms with E-state index in [9.17, 15) is 9.18 Å². The summed E-state index contributed by atoms with van der Waals surface area (Å²) < 4.78 is 49.1. The summed E-state index contributed by atoms with van der Waals surface area (Å²) in [7, 11) is 1.69. The first kappa shape index (κ1) is 31.5. The van der Waals surface area contributed by atoms with Crippen molar-refractivity contribution in [2.45, 2.75) is 18.9 Å². The first-order chi connectivity index (χ1) is 22.7. The number of fused-ring (bicyclic) bond motifs is 2. The molecule has 5 heterocycles. The lowest BCUT2D eigenvalue weighted by Gasteiger charge is -2.31. The van der Waals surface area contributed by atoms with Gasteiger partial charge in [-0.1, -0.05) is 17.9 Å². The van der Waals surface area contributed by atoms with Gasteiger partial charge in [0.15, 0.2) is 10.9 Å². The number of anilines is 2. The molecule has 2 aliphatic heterocycles. The van der Waals surface area contributed by atoms with E-state index >= 15 is 4.39 Å². The molecule has 4 aromatic rings. The van der Waals surface area contributed by atoms with Crippen LogP contribution >= 0.6 is 11.3 Å². The van der Waals surface area contributed by atoms with Gasteiger partial charge in [-0.3, -0.25) is 14.7 Å². The lowest BCUT2D eigenvalue weighted by Crippen LogP contribution is -2.45. The molecule has 3 fully saturated rings. The number of carbonyl (C=O) groups excluding carboxylic acids is 1. The number of carbonyl (C=O) groups is 1. The van der Waals surface area contributed by atoms with Gasteiger partial charge in [0, 0.05) is 56.9 Å². The molecule has 1 amide bonds. The normalized spacial score (nSPS) is 19.9. The zero-order valence-electron chi connectivity index (χ0n) is 26.1. The molecular weight excluding hydrogens is 630 g/mol. The van der Waals surface area contributed by atoms with Crippen LogP contribution in [0, 0.1) is 17.0 Å². The molecule has 1 aliphatic carbocycles. The second-order valence-electron chi connectivity index (χ2n) is 12.3. The van der Waals surface area contributed by atoms with Crippen molar-refractivity contribution in [1.82, 2.24) is 29.7 Å². The minimum absolute atomic E-state index is 0.00550. The monoisotopic (exact) mass is 666 g/mol. The predicted molar refractivity (Wildman–Crippen MR) is 174 cm³/mol. The highest BCUT2D eigenvalue weighted by atomic mass is 32.1. The fourth-order valence-electron chi connectivity index (χ4n) is 6.22. The number of thiazole rings is 1. The molecule has 2 N–H and O–H groups in total. The van der Waals surface area contributed by atoms with Gasteiger partial charge in [-0.2, -0.15) is 9.97 Å². The summed E-state index contributed by atoms with van der Waals surface area (Å²) in [6.07, 6.45) is 4.80. The molecule has 12 nitrogen and oxygen atoms in total. The molecule has 3 aromatic heterocycles. The standard InChI is InChI=1S/C32H36F2N8O4S/c1-3-23(43)40(2)19-15-42(10-13-45-16-19)29-21-14-36-25(20-4-5-22(33)28-27(20)37-30(35)47-28)24(34)26(21)38-31(39-29)46-18-32(6-7-32)17-41-8-11-44-12-9-41/h3-5,14,19H,1,6-13,15-18H2,2H3,(H2,35,37). The van der Waals surface area contributed by atoms with E-state index in [0.29, 0.717) is 62.9 Å². The highest BCUT2D eigenvalue weighted by molar-refractivity contribution is 7.22. The van der Waals surface area contributed by atoms with Crippen LogP contribution in [-0.4, -0.2) is 114 Å². The number of amides is 1. The Kier molecular flexibility index (Phi) is 8.63. The van der Waals surface area contributed by atoms with Crippen LogP contribution in [0.5, 0.6) is 6.01 Å². The van der Waals surface area contributed by atoms with E-state index in [4.69, 9.17) is 24.9 Å². The third-order valence-corrected chi connectivity index (χ3v) is 10.0. The van der Waals surface area contributed by atoms with E-state index in [2.05, 4.69) is 26.4 Å². The Morgan fingerprint density at radius 2 is 1.96 bits per heavy atom. The molecule has 0 bridgehead atoms. The van der Waals surface area contributed by atoms with E-state index < -0.39 is 11.6 Å². The van der Waals surface area contributed by atoms with E-state index in [-0.39, 0.29) is 49.9 Å². The summed E-state index contributed by atoms with van der Waals surface area (Å²) in [5, 5.41) is 0.527. The number of hydrogen-bond donors (Lipinski definition) is 1. The highest BCUT2D eigenvalue weighted by Crippen LogP contribution is 2.47. The van der Waals surface area contributed by atoms with Crippen LogP contribution in [0.2, 0.25) is 0 Å². The summed E-state index contributed by atoms with van der Waals surface area (Å²) in [6, 6.07) is 2.42. The van der Waals surface area contributed by atoms with E-state index in [0.717, 1.165) is 43.8 Å². The molecule has 7 rings (SSSR count). The van der Waals surface area contributed by atoms with Gasteiger partial charge < -0.3 is 29.7 Å². The van der Waals surface area contributed by atoms with Gasteiger partial charge in [-0.15, -0.1) is 0 Å². The average Bonchev–Trinajstić information content (AvgIpc) is 3.79. The minimum atomic E-state index is -0.716. The molecule has 2 saturated heterocycles. The topological polar surface area (TPSA) is 132 Å². The maximum absolute atomic E-state index is 16.7. The number of halogens is 2. The fourth-order valence-corrected chi connectivity index (χ4v) is 6.98. The van der Waals surface area contributed by atoms with Crippen molar-refractivity contribution in [2.75, 3.05) is 83.4 Å². The maximum atomic E-state index is 16.7. The van der Waals surface area contributed by atoms with Gasteiger partial charge in [0.2, 0.25) is 5.91 Å². The highest BCUT2D eigenvalue weighted by Gasteiger charge is 2.45. The molecule has 1 unspecified atom stereocenters. The Balaban J connectivity index is 1.28. The van der Waals surface area contributed by atoms with Crippen molar-refractivity contribution in [3.05, 3.63) is 42.6 Å². The lowest BCUT2D eigenvalue weighted by molar-refractivity contribution is -0.127. The first-order valence-electron chi connectivity index (χ1n) is 15.6. The SMILES string of the molecule is C=CC(=O)N(C)C1COCCN(c2nc(OCC3(CN4CCOCC4)CC3)nc3c(F)c(-c4ccc(F)c5sc(N)nc45)ncc23)C1. The van der Waals surface area contributed by atoms with Gasteiger partial charge >= 0.3 is 6.01 Å². The third kappa shape index (κ3) is 6.32. The molecule has 0 spiro atoms. The Bertz CT molecular complexity index is 1830. The van der Waals surface area contributed by atoms with Crippen LogP contribution in [-0.2, 0) is 14.3 Å². The molecule has 3 aliphatic rings. The number of rotatable bonds is 9. The number of hydrogen-bond acceptors (Lipinski definition) is 12. The molecule has 248 valence electrons. The maximum Gasteiger partial charge on any atom is 0.319 e. The second-order valence-corrected chi connectivity index (χ2v) is 13.4. The van der Waals surface area contributed by atoms with Gasteiger partial charge in [0.1, 0.15) is 22.8 Å². The average molecular weight is 667 g/mol. The number of nitrogen functional groups attached to an aromatic ring is 1. The van der Waals surface area contributed by atoms with Crippen molar-refractivity contribution >= 4 is 49.3 Å². The van der Waals surface area contributed by atoms with Gasteiger partial charge in [0.05, 0.1) is 54.7 Å². The molecule has 1 aromatic carbocycles. The minimum Gasteiger partial charge on any atom is -0.463 e. The van der Waals surface area contributed by atoms with Crippen LogP contribution in [0.1, 0.15) is 12.8 Å². The molecule has 1 atom stereocenters. The summed E-state index contributed by atoms with van der Waals surface area (Å²) in [4.78, 5) is 36.5. The van der Waals surface area contributed by atoms with Crippen molar-refractivity contribution in [2.24, 2.45) is 5.41 Å². The number of benzene rings is 1. The molecule has 0 radical (unpaired) electrons. The molecule has 1 saturated carbocycles. The van der Waals surface area contributed by atoms with Crippen LogP contribution < -0.4 is 15.4 Å². The van der Waals surface area contributed by atoms with Gasteiger partial charge in [-0.05, 0) is 31.1 Å². The summed E-state index contributed by atoms with van der Waals surface area (Å²) in [5.74, 6) is -1.04. The Morgan fingerprint density at radius 3 is 2.72 bits per heavy atom. The smallest absolute Gasteiger partial charge is 0.319 e. The quantitative estimate of drug-likeness (QED) is 0.263. The Labute approximate surface area is 274 Å². The van der Waals surface area contributed by atoms with Crippen LogP contribution in [0.4, 0.5) is 19.7 Å². The van der Waals surface area contributed by atoms with Gasteiger partial charge in [0.25, 0.3) is 0 Å². The van der Waals surface area contributed by atoms with E-state index in [1.54, 1.807) is 11.9 Å². The molecule has 15 heteroatoms. The summed E-state index contributed by atoms with van der Waals surface area (Å²) >= 11 is 0.989. The first-order valence-corrected chi connectivity index (χ1v) is 16.4. The summed E-state index contributed by atoms with van der Waals surface area (Å²) in [5.41, 5.74) is 6.36. The largest absolute Gasteiger partial charge is 0.463 e. The van der Waals surface area contributed by atoms with Crippen molar-refractivity contribution in [1.29, 1.82) is 0 Å². The number of nitrogens with zero attached hydrogens (tertiary/aromatic N) is 7. The van der Waals surface area contributed by atoms with Crippen LogP contribution in [0.25, 0.3) is 32.4 Å². The Hall–Kier alpha value is -4.05. The van der Waals surface area contributed by atoms with Gasteiger partial charge in [-0.25, -0.2) is 13.8 Å². The second kappa shape index (κ2) is 12.9. The van der Waals surface area contributed by atoms with Crippen molar-refractivity contribution < 1.29 is 27.8 Å². The fraction of sp³-hybridized carbons (Fsp3) is 0.469. The number of ether oxygens (including phenoxy) is 3. The van der Waals surface area contributed by atoms with Crippen molar-refractivity contribution in [3.8, 4) is 17.3 Å². The Morgan fingerprint density at radius 1 is 1.17 bits per heavy atom. The molecule has 47 heavy (non-hydrogen) atoms. The number of morpholine rings is 1. The molecular formula is C32H36F2N8O4S. The van der Waals surface area contributed by atoms with Crippen LogP contribution in [0.3, 0.4) is 0 Å². The zero-order valence-corrected chi connectivity index (χ0v) is 26.9.